The highest BCUT2D eigenvalue weighted by Crippen LogP contribution is 2.25. The van der Waals surface area contributed by atoms with Crippen molar-refractivity contribution < 1.29 is 4.79 Å². The van der Waals surface area contributed by atoms with Gasteiger partial charge in [-0.25, -0.2) is 0 Å². The van der Waals surface area contributed by atoms with Crippen molar-refractivity contribution in [2.75, 3.05) is 12.3 Å². The highest BCUT2D eigenvalue weighted by Gasteiger charge is 2.23. The van der Waals surface area contributed by atoms with E-state index in [4.69, 9.17) is 0 Å². The van der Waals surface area contributed by atoms with Crippen LogP contribution < -0.4 is 5.32 Å². The Kier molecular flexibility index (Phi) is 5.48. The van der Waals surface area contributed by atoms with E-state index in [-0.39, 0.29) is 11.8 Å². The molecular formula is C19H20N4OS2. The molecule has 1 unspecified atom stereocenters. The van der Waals surface area contributed by atoms with Crippen molar-refractivity contribution in [3.05, 3.63) is 58.5 Å². The lowest BCUT2D eigenvalue weighted by Crippen LogP contribution is -2.32. The van der Waals surface area contributed by atoms with Gasteiger partial charge in [0.2, 0.25) is 0 Å². The van der Waals surface area contributed by atoms with Crippen LogP contribution in [-0.4, -0.2) is 38.9 Å². The average Bonchev–Trinajstić information content (AvgIpc) is 3.43. The average molecular weight is 385 g/mol. The Labute approximate surface area is 160 Å². The number of thiophene rings is 1. The number of benzene rings is 1. The number of aromatic nitrogens is 3. The lowest BCUT2D eigenvalue weighted by atomic mass is 10.2. The Balaban J connectivity index is 1.57. The minimum absolute atomic E-state index is 0.00110. The number of hydrogen-bond donors (Lipinski definition) is 1. The molecule has 0 bridgehead atoms. The summed E-state index contributed by atoms with van der Waals surface area (Å²) in [6, 6.07) is 14.3. The van der Waals surface area contributed by atoms with Gasteiger partial charge in [0.1, 0.15) is 5.82 Å². The highest BCUT2D eigenvalue weighted by atomic mass is 32.2. The maximum atomic E-state index is 12.4. The number of ketones is 1. The first kappa shape index (κ1) is 17.5. The van der Waals surface area contributed by atoms with Crippen LogP contribution in [0.3, 0.4) is 0 Å². The van der Waals surface area contributed by atoms with Crippen molar-refractivity contribution in [2.24, 2.45) is 0 Å². The SMILES string of the molecule is O=C(CSc1nnc(Cc2cccs2)n1-c1ccccc1)C1CCCN1. The third kappa shape index (κ3) is 3.90. The summed E-state index contributed by atoms with van der Waals surface area (Å²) in [5.74, 6) is 1.56. The minimum Gasteiger partial charge on any atom is -0.307 e. The van der Waals surface area contributed by atoms with Gasteiger partial charge < -0.3 is 5.32 Å². The number of para-hydroxylation sites is 1. The van der Waals surface area contributed by atoms with Crippen molar-refractivity contribution in [2.45, 2.75) is 30.5 Å². The summed E-state index contributed by atoms with van der Waals surface area (Å²) < 4.78 is 2.07. The molecule has 0 spiro atoms. The number of nitrogens with one attached hydrogen (secondary N) is 1. The van der Waals surface area contributed by atoms with Crippen LogP contribution in [-0.2, 0) is 11.2 Å². The summed E-state index contributed by atoms with van der Waals surface area (Å²) in [5, 5.41) is 14.9. The molecule has 1 aliphatic rings. The molecule has 3 heterocycles. The van der Waals surface area contributed by atoms with Crippen LogP contribution in [0.4, 0.5) is 0 Å². The standard InChI is InChI=1S/C19H20N4OS2/c24-17(16-9-4-10-20-16)13-26-19-22-21-18(12-15-8-5-11-25-15)23(19)14-6-2-1-3-7-14/h1-3,5-8,11,16,20H,4,9-10,12-13H2. The van der Waals surface area contributed by atoms with Crippen molar-refractivity contribution in [1.82, 2.24) is 20.1 Å². The van der Waals surface area contributed by atoms with Gasteiger partial charge in [0.25, 0.3) is 0 Å². The van der Waals surface area contributed by atoms with Gasteiger partial charge in [-0.05, 0) is 43.0 Å². The van der Waals surface area contributed by atoms with Gasteiger partial charge in [-0.2, -0.15) is 0 Å². The van der Waals surface area contributed by atoms with Gasteiger partial charge in [0.15, 0.2) is 10.9 Å². The van der Waals surface area contributed by atoms with Crippen LogP contribution in [0.5, 0.6) is 0 Å². The number of rotatable bonds is 7. The van der Waals surface area contributed by atoms with E-state index in [0.717, 1.165) is 42.5 Å². The van der Waals surface area contributed by atoms with Crippen molar-refractivity contribution in [3.63, 3.8) is 0 Å². The summed E-state index contributed by atoms with van der Waals surface area (Å²) in [6.07, 6.45) is 2.75. The predicted molar refractivity (Wildman–Crippen MR) is 105 cm³/mol. The van der Waals surface area contributed by atoms with E-state index in [9.17, 15) is 4.79 Å². The number of carbonyl (C=O) groups excluding carboxylic acids is 1. The summed E-state index contributed by atoms with van der Waals surface area (Å²) in [5.41, 5.74) is 1.03. The molecule has 4 rings (SSSR count). The predicted octanol–water partition coefficient (Wildman–Crippen LogP) is 3.33. The quantitative estimate of drug-likeness (QED) is 0.633. The zero-order valence-corrected chi connectivity index (χ0v) is 15.9. The molecule has 1 atom stereocenters. The Morgan fingerprint density at radius 1 is 1.23 bits per heavy atom. The van der Waals surface area contributed by atoms with Crippen molar-refractivity contribution in [3.8, 4) is 5.69 Å². The second kappa shape index (κ2) is 8.16. The molecule has 1 aliphatic heterocycles. The first-order valence-electron chi connectivity index (χ1n) is 8.72. The van der Waals surface area contributed by atoms with E-state index in [0.29, 0.717) is 5.75 Å². The number of Topliss-reactive ketones (excluding diaryl/α,β-unsaturated/α-hetero) is 1. The molecule has 1 saturated heterocycles. The van der Waals surface area contributed by atoms with E-state index in [1.807, 2.05) is 36.4 Å². The molecule has 2 aromatic heterocycles. The molecule has 0 amide bonds. The molecule has 0 saturated carbocycles. The molecule has 1 fully saturated rings. The fraction of sp³-hybridized carbons (Fsp3) is 0.316. The second-order valence-corrected chi connectivity index (χ2v) is 8.20. The maximum Gasteiger partial charge on any atom is 0.196 e. The van der Waals surface area contributed by atoms with Crippen LogP contribution in [0.2, 0.25) is 0 Å². The molecule has 5 nitrogen and oxygen atoms in total. The first-order valence-corrected chi connectivity index (χ1v) is 10.6. The van der Waals surface area contributed by atoms with Gasteiger partial charge in [-0.15, -0.1) is 21.5 Å². The number of hydrogen-bond acceptors (Lipinski definition) is 6. The van der Waals surface area contributed by atoms with Crippen LogP contribution >= 0.6 is 23.1 Å². The summed E-state index contributed by atoms with van der Waals surface area (Å²) in [7, 11) is 0. The second-order valence-electron chi connectivity index (χ2n) is 6.23. The van der Waals surface area contributed by atoms with E-state index in [1.165, 1.54) is 16.6 Å². The fourth-order valence-electron chi connectivity index (χ4n) is 3.11. The third-order valence-corrected chi connectivity index (χ3v) is 6.25. The summed E-state index contributed by atoms with van der Waals surface area (Å²) >= 11 is 3.19. The van der Waals surface area contributed by atoms with Gasteiger partial charge in [0.05, 0.1) is 11.8 Å². The first-order chi connectivity index (χ1) is 12.8. The molecule has 1 N–H and O–H groups in total. The van der Waals surface area contributed by atoms with Gasteiger partial charge >= 0.3 is 0 Å². The van der Waals surface area contributed by atoms with Gasteiger partial charge in [-0.3, -0.25) is 9.36 Å². The van der Waals surface area contributed by atoms with Crippen molar-refractivity contribution >= 4 is 28.9 Å². The van der Waals surface area contributed by atoms with E-state index >= 15 is 0 Å². The summed E-state index contributed by atoms with van der Waals surface area (Å²) in [6.45, 7) is 0.937. The van der Waals surface area contributed by atoms with Crippen molar-refractivity contribution in [1.29, 1.82) is 0 Å². The normalized spacial score (nSPS) is 16.8. The van der Waals surface area contributed by atoms with Crippen LogP contribution in [0.15, 0.2) is 53.0 Å². The molecule has 134 valence electrons. The molecule has 3 aromatic rings. The molecular weight excluding hydrogens is 364 g/mol. The number of thioether (sulfide) groups is 1. The largest absolute Gasteiger partial charge is 0.307 e. The Morgan fingerprint density at radius 3 is 2.85 bits per heavy atom. The van der Waals surface area contributed by atoms with E-state index in [1.54, 1.807) is 11.3 Å². The Bertz CT molecular complexity index is 855. The maximum absolute atomic E-state index is 12.4. The van der Waals surface area contributed by atoms with Crippen LogP contribution in [0.25, 0.3) is 5.69 Å². The molecule has 7 heteroatoms. The van der Waals surface area contributed by atoms with E-state index < -0.39 is 0 Å². The Morgan fingerprint density at radius 2 is 2.12 bits per heavy atom. The zero-order chi connectivity index (χ0) is 17.8. The zero-order valence-electron chi connectivity index (χ0n) is 14.3. The van der Waals surface area contributed by atoms with Crippen LogP contribution in [0, 0.1) is 0 Å². The fourth-order valence-corrected chi connectivity index (χ4v) is 4.72. The van der Waals surface area contributed by atoms with Crippen LogP contribution in [0.1, 0.15) is 23.5 Å². The summed E-state index contributed by atoms with van der Waals surface area (Å²) in [4.78, 5) is 13.6. The van der Waals surface area contributed by atoms with Gasteiger partial charge in [-0.1, -0.05) is 36.0 Å². The number of carbonyl (C=O) groups is 1. The smallest absolute Gasteiger partial charge is 0.196 e. The minimum atomic E-state index is 0.00110. The third-order valence-electron chi connectivity index (χ3n) is 4.42. The topological polar surface area (TPSA) is 59.8 Å². The molecule has 0 radical (unpaired) electrons. The van der Waals surface area contributed by atoms with E-state index in [2.05, 4.69) is 31.5 Å². The number of nitrogens with zero attached hydrogens (tertiary/aromatic N) is 3. The van der Waals surface area contributed by atoms with Gasteiger partial charge in [0, 0.05) is 17.0 Å². The molecule has 1 aromatic carbocycles. The molecule has 26 heavy (non-hydrogen) atoms. The Hall–Kier alpha value is -1.96. The lowest BCUT2D eigenvalue weighted by Gasteiger charge is -2.11. The highest BCUT2D eigenvalue weighted by molar-refractivity contribution is 7.99. The monoisotopic (exact) mass is 384 g/mol. The lowest BCUT2D eigenvalue weighted by molar-refractivity contribution is -0.118. The molecule has 0 aliphatic carbocycles.